The second-order valence-corrected chi connectivity index (χ2v) is 7.54. The van der Waals surface area contributed by atoms with Crippen LogP contribution < -0.4 is 5.32 Å². The number of anilines is 1. The van der Waals surface area contributed by atoms with Crippen LogP contribution in [0, 0.1) is 6.92 Å². The number of carboxylic acid groups (broad SMARTS) is 1. The van der Waals surface area contributed by atoms with Crippen LogP contribution in [0.2, 0.25) is 0 Å². The molecule has 1 atom stereocenters. The summed E-state index contributed by atoms with van der Waals surface area (Å²) in [6.07, 6.45) is 2.26. The van der Waals surface area contributed by atoms with Gasteiger partial charge in [-0.25, -0.2) is 4.79 Å². The highest BCUT2D eigenvalue weighted by Gasteiger charge is 2.21. The Bertz CT molecular complexity index is 1030. The van der Waals surface area contributed by atoms with Gasteiger partial charge in [0.05, 0.1) is 5.56 Å². The zero-order chi connectivity index (χ0) is 19.7. The Morgan fingerprint density at radius 2 is 1.96 bits per heavy atom. The van der Waals surface area contributed by atoms with Crippen LogP contribution in [0.5, 0.6) is 0 Å². The Balaban J connectivity index is 1.80. The second-order valence-electron chi connectivity index (χ2n) is 7.54. The Morgan fingerprint density at radius 1 is 1.18 bits per heavy atom. The molecule has 2 heterocycles. The van der Waals surface area contributed by atoms with Crippen molar-refractivity contribution < 1.29 is 9.90 Å². The minimum atomic E-state index is -0.961. The van der Waals surface area contributed by atoms with Crippen molar-refractivity contribution in [2.24, 2.45) is 0 Å². The predicted molar refractivity (Wildman–Crippen MR) is 111 cm³/mol. The van der Waals surface area contributed by atoms with Crippen LogP contribution in [0.15, 0.2) is 42.5 Å². The van der Waals surface area contributed by atoms with E-state index in [1.165, 1.54) is 0 Å². The average Bonchev–Trinajstić information content (AvgIpc) is 2.68. The number of carbonyl (C=O) groups is 1. The van der Waals surface area contributed by atoms with E-state index < -0.39 is 5.97 Å². The third kappa shape index (κ3) is 3.55. The number of piperidine rings is 1. The van der Waals surface area contributed by atoms with Crippen LogP contribution in [-0.4, -0.2) is 52.4 Å². The molecule has 2 N–H and O–H groups in total. The van der Waals surface area contributed by atoms with Gasteiger partial charge >= 0.3 is 5.97 Å². The maximum atomic E-state index is 11.8. The number of benzene rings is 2. The minimum absolute atomic E-state index is 0.245. The summed E-state index contributed by atoms with van der Waals surface area (Å²) in [6, 6.07) is 13.6. The fourth-order valence-electron chi connectivity index (χ4n) is 3.93. The smallest absolute Gasteiger partial charge is 0.336 e. The van der Waals surface area contributed by atoms with E-state index >= 15 is 0 Å². The molecule has 28 heavy (non-hydrogen) atoms. The van der Waals surface area contributed by atoms with E-state index in [4.69, 9.17) is 0 Å². The molecule has 4 rings (SSSR count). The molecule has 0 radical (unpaired) electrons. The molecule has 1 aromatic heterocycles. The van der Waals surface area contributed by atoms with Crippen LogP contribution in [-0.2, 0) is 0 Å². The number of carboxylic acids is 1. The zero-order valence-electron chi connectivity index (χ0n) is 16.1. The molecule has 1 aliphatic heterocycles. The average molecular weight is 376 g/mol. The first-order valence-corrected chi connectivity index (χ1v) is 9.58. The van der Waals surface area contributed by atoms with Gasteiger partial charge in [-0.2, -0.15) is 0 Å². The highest BCUT2D eigenvalue weighted by molar-refractivity contribution is 6.04. The molecule has 2 aromatic carbocycles. The summed E-state index contributed by atoms with van der Waals surface area (Å²) in [5.41, 5.74) is 2.33. The number of aromatic nitrogens is 2. The molecule has 6 heteroatoms. The summed E-state index contributed by atoms with van der Waals surface area (Å²) in [4.78, 5) is 14.1. The largest absolute Gasteiger partial charge is 0.478 e. The Morgan fingerprint density at radius 3 is 2.71 bits per heavy atom. The van der Waals surface area contributed by atoms with E-state index in [-0.39, 0.29) is 5.56 Å². The van der Waals surface area contributed by atoms with Gasteiger partial charge in [0.25, 0.3) is 0 Å². The Labute approximate surface area is 164 Å². The predicted octanol–water partition coefficient (Wildman–Crippen LogP) is 3.81. The standard InChI is InChI=1S/C22H24N4O2/c1-14-9-10-17(19(12-14)22(27)28)20-16-7-3-4-8-18(16)21(25-24-20)23-15-6-5-11-26(2)13-15/h3-4,7-10,12,15H,5-6,11,13H2,1-2H3,(H,23,25)(H,27,28). The summed E-state index contributed by atoms with van der Waals surface area (Å²) >= 11 is 0. The van der Waals surface area contributed by atoms with Gasteiger partial charge in [-0.05, 0) is 39.4 Å². The van der Waals surface area contributed by atoms with Gasteiger partial charge in [-0.15, -0.1) is 10.2 Å². The lowest BCUT2D eigenvalue weighted by molar-refractivity contribution is 0.0697. The van der Waals surface area contributed by atoms with Crippen molar-refractivity contribution in [1.29, 1.82) is 0 Å². The molecule has 0 spiro atoms. The van der Waals surface area contributed by atoms with Gasteiger partial charge in [0.1, 0.15) is 5.69 Å². The fraction of sp³-hybridized carbons (Fsp3) is 0.318. The van der Waals surface area contributed by atoms with Gasteiger partial charge < -0.3 is 15.3 Å². The topological polar surface area (TPSA) is 78.4 Å². The number of aromatic carboxylic acids is 1. The van der Waals surface area contributed by atoms with Gasteiger partial charge in [0.15, 0.2) is 5.82 Å². The third-order valence-corrected chi connectivity index (χ3v) is 5.31. The Kier molecular flexibility index (Phi) is 4.96. The van der Waals surface area contributed by atoms with Gasteiger partial charge in [0.2, 0.25) is 0 Å². The number of likely N-dealkylation sites (tertiary alicyclic amines) is 1. The van der Waals surface area contributed by atoms with Crippen LogP contribution in [0.1, 0.15) is 28.8 Å². The van der Waals surface area contributed by atoms with E-state index in [0.29, 0.717) is 17.3 Å². The quantitative estimate of drug-likeness (QED) is 0.721. The van der Waals surface area contributed by atoms with E-state index in [2.05, 4.69) is 27.5 Å². The summed E-state index contributed by atoms with van der Waals surface area (Å²) in [5.74, 6) is -0.208. The first-order chi connectivity index (χ1) is 13.5. The maximum absolute atomic E-state index is 11.8. The Hall–Kier alpha value is -2.99. The molecule has 6 nitrogen and oxygen atoms in total. The van der Waals surface area contributed by atoms with Crippen LogP contribution in [0.3, 0.4) is 0 Å². The number of fused-ring (bicyclic) bond motifs is 1. The third-order valence-electron chi connectivity index (χ3n) is 5.31. The molecule has 144 valence electrons. The molecule has 1 saturated heterocycles. The molecule has 1 aliphatic rings. The molecule has 1 unspecified atom stereocenters. The zero-order valence-corrected chi connectivity index (χ0v) is 16.1. The molecule has 3 aromatic rings. The van der Waals surface area contributed by atoms with Gasteiger partial charge in [0, 0.05) is 28.9 Å². The first kappa shape index (κ1) is 18.4. The normalized spacial score (nSPS) is 17.6. The lowest BCUT2D eigenvalue weighted by Crippen LogP contribution is -2.40. The molecule has 0 saturated carbocycles. The number of nitrogens with one attached hydrogen (secondary N) is 1. The van der Waals surface area contributed by atoms with Crippen molar-refractivity contribution in [2.45, 2.75) is 25.8 Å². The van der Waals surface area contributed by atoms with Crippen molar-refractivity contribution in [3.8, 4) is 11.3 Å². The first-order valence-electron chi connectivity index (χ1n) is 9.58. The molecule has 0 aliphatic carbocycles. The van der Waals surface area contributed by atoms with Crippen molar-refractivity contribution >= 4 is 22.6 Å². The van der Waals surface area contributed by atoms with Crippen molar-refractivity contribution in [3.63, 3.8) is 0 Å². The summed E-state index contributed by atoms with van der Waals surface area (Å²) in [6.45, 7) is 3.97. The lowest BCUT2D eigenvalue weighted by atomic mass is 9.98. The van der Waals surface area contributed by atoms with Crippen molar-refractivity contribution in [3.05, 3.63) is 53.6 Å². The minimum Gasteiger partial charge on any atom is -0.478 e. The van der Waals surface area contributed by atoms with Crippen molar-refractivity contribution in [2.75, 3.05) is 25.5 Å². The van der Waals surface area contributed by atoms with E-state index in [1.807, 2.05) is 43.3 Å². The lowest BCUT2D eigenvalue weighted by Gasteiger charge is -2.30. The summed E-state index contributed by atoms with van der Waals surface area (Å²) in [7, 11) is 2.13. The fourth-order valence-corrected chi connectivity index (χ4v) is 3.93. The SMILES string of the molecule is Cc1ccc(-c2nnc(NC3CCCN(C)C3)c3ccccc23)c(C(=O)O)c1. The van der Waals surface area contributed by atoms with E-state index in [0.717, 1.165) is 48.1 Å². The molecule has 1 fully saturated rings. The van der Waals surface area contributed by atoms with Crippen LogP contribution in [0.4, 0.5) is 5.82 Å². The highest BCUT2D eigenvalue weighted by Crippen LogP contribution is 2.32. The number of hydrogen-bond acceptors (Lipinski definition) is 5. The maximum Gasteiger partial charge on any atom is 0.336 e. The van der Waals surface area contributed by atoms with Gasteiger partial charge in [-0.1, -0.05) is 42.0 Å². The van der Waals surface area contributed by atoms with Crippen molar-refractivity contribution in [1.82, 2.24) is 15.1 Å². The number of likely N-dealkylation sites (N-methyl/N-ethyl adjacent to an activating group) is 1. The van der Waals surface area contributed by atoms with Crippen LogP contribution in [0.25, 0.3) is 22.0 Å². The number of aryl methyl sites for hydroxylation is 1. The van der Waals surface area contributed by atoms with E-state index in [9.17, 15) is 9.90 Å². The molecular weight excluding hydrogens is 352 g/mol. The van der Waals surface area contributed by atoms with Gasteiger partial charge in [-0.3, -0.25) is 0 Å². The number of hydrogen-bond donors (Lipinski definition) is 2. The molecule has 0 bridgehead atoms. The number of rotatable bonds is 4. The number of nitrogens with zero attached hydrogens (tertiary/aromatic N) is 3. The highest BCUT2D eigenvalue weighted by atomic mass is 16.4. The summed E-state index contributed by atoms with van der Waals surface area (Å²) < 4.78 is 0. The van der Waals surface area contributed by atoms with Crippen LogP contribution >= 0.6 is 0 Å². The molecular formula is C22H24N4O2. The second kappa shape index (κ2) is 7.56. The molecule has 0 amide bonds. The van der Waals surface area contributed by atoms with E-state index in [1.54, 1.807) is 6.07 Å². The summed E-state index contributed by atoms with van der Waals surface area (Å²) in [5, 5.41) is 24.0. The monoisotopic (exact) mass is 376 g/mol.